The number of nitrogen functional groups attached to an aromatic ring is 1. The number of benzene rings is 1. The maximum atomic E-state index is 12.8. The number of ether oxygens (including phenoxy) is 2. The Morgan fingerprint density at radius 3 is 2.42 bits per heavy atom. The minimum absolute atomic E-state index is 0.184. The van der Waals surface area contributed by atoms with Crippen molar-refractivity contribution in [1.82, 2.24) is 24.6 Å². The van der Waals surface area contributed by atoms with Crippen LogP contribution in [0.15, 0.2) is 31.1 Å². The minimum atomic E-state index is -0.184. The van der Waals surface area contributed by atoms with Gasteiger partial charge in [-0.1, -0.05) is 12.5 Å². The second-order valence-electron chi connectivity index (χ2n) is 7.02. The molecule has 1 amide bonds. The van der Waals surface area contributed by atoms with Crippen molar-refractivity contribution >= 4 is 28.5 Å². The molecule has 0 saturated carbocycles. The standard InChI is InChI=1S/C22H22N6O3/c1-14(22(29)27-8-4-5-9-27)28-21-19(20(23)24-13-25-21)18(26-28)7-6-15-10-16(30-2)12-17(11-15)31-3/h10-13H,1,4-5,8-9H2,2-3H3,(H2,23,24,25). The normalized spacial score (nSPS) is 13.0. The number of hydrogen-bond acceptors (Lipinski definition) is 7. The lowest BCUT2D eigenvalue weighted by Crippen LogP contribution is -2.30. The number of aromatic nitrogens is 4. The van der Waals surface area contributed by atoms with E-state index in [1.807, 2.05) is 0 Å². The monoisotopic (exact) mass is 418 g/mol. The number of methoxy groups -OCH3 is 2. The number of fused-ring (bicyclic) bond motifs is 1. The van der Waals surface area contributed by atoms with Crippen molar-refractivity contribution in [2.24, 2.45) is 0 Å². The number of rotatable bonds is 4. The molecule has 158 valence electrons. The molecule has 2 N–H and O–H groups in total. The fraction of sp³-hybridized carbons (Fsp3) is 0.273. The van der Waals surface area contributed by atoms with Crippen molar-refractivity contribution in [2.75, 3.05) is 33.0 Å². The number of hydrogen-bond donors (Lipinski definition) is 1. The predicted octanol–water partition coefficient (Wildman–Crippen LogP) is 1.92. The molecule has 0 atom stereocenters. The molecule has 9 heteroatoms. The summed E-state index contributed by atoms with van der Waals surface area (Å²) in [7, 11) is 3.14. The average molecular weight is 418 g/mol. The molecule has 4 rings (SSSR count). The van der Waals surface area contributed by atoms with Gasteiger partial charge in [0.25, 0.3) is 5.91 Å². The molecule has 1 aliphatic heterocycles. The number of anilines is 1. The second kappa shape index (κ2) is 8.36. The fourth-order valence-electron chi connectivity index (χ4n) is 3.45. The summed E-state index contributed by atoms with van der Waals surface area (Å²) < 4.78 is 12.0. The average Bonchev–Trinajstić information content (AvgIpc) is 3.45. The Morgan fingerprint density at radius 1 is 1.10 bits per heavy atom. The molecule has 2 aromatic heterocycles. The van der Waals surface area contributed by atoms with Gasteiger partial charge in [0.1, 0.15) is 35.0 Å². The van der Waals surface area contributed by atoms with Crippen LogP contribution in [0.3, 0.4) is 0 Å². The van der Waals surface area contributed by atoms with Gasteiger partial charge in [-0.25, -0.2) is 14.6 Å². The van der Waals surface area contributed by atoms with Gasteiger partial charge >= 0.3 is 0 Å². The number of nitrogens with two attached hydrogens (primary N) is 1. The van der Waals surface area contributed by atoms with E-state index in [9.17, 15) is 4.79 Å². The van der Waals surface area contributed by atoms with Crippen molar-refractivity contribution in [2.45, 2.75) is 12.8 Å². The highest BCUT2D eigenvalue weighted by atomic mass is 16.5. The van der Waals surface area contributed by atoms with Crippen LogP contribution in [-0.4, -0.2) is 57.9 Å². The van der Waals surface area contributed by atoms with Crippen LogP contribution < -0.4 is 15.2 Å². The van der Waals surface area contributed by atoms with E-state index in [2.05, 4.69) is 33.5 Å². The first-order chi connectivity index (χ1) is 15.0. The van der Waals surface area contributed by atoms with E-state index in [-0.39, 0.29) is 17.4 Å². The summed E-state index contributed by atoms with van der Waals surface area (Å²) >= 11 is 0. The third-order valence-electron chi connectivity index (χ3n) is 5.07. The summed E-state index contributed by atoms with van der Waals surface area (Å²) in [4.78, 5) is 22.9. The zero-order chi connectivity index (χ0) is 22.0. The molecule has 3 aromatic rings. The van der Waals surface area contributed by atoms with Gasteiger partial charge in [-0.2, -0.15) is 5.10 Å². The van der Waals surface area contributed by atoms with E-state index >= 15 is 0 Å². The Labute approximate surface area is 179 Å². The number of likely N-dealkylation sites (tertiary alicyclic amines) is 1. The summed E-state index contributed by atoms with van der Waals surface area (Å²) in [6.07, 6.45) is 3.29. The molecule has 1 fully saturated rings. The number of carbonyl (C=O) groups is 1. The lowest BCUT2D eigenvalue weighted by molar-refractivity contribution is -0.124. The van der Waals surface area contributed by atoms with Crippen molar-refractivity contribution < 1.29 is 14.3 Å². The number of amides is 1. The maximum Gasteiger partial charge on any atom is 0.271 e. The van der Waals surface area contributed by atoms with Crippen molar-refractivity contribution in [1.29, 1.82) is 0 Å². The molecule has 1 aliphatic rings. The topological polar surface area (TPSA) is 108 Å². The molecule has 0 bridgehead atoms. The Balaban J connectivity index is 1.77. The first-order valence-electron chi connectivity index (χ1n) is 9.74. The Hall–Kier alpha value is -4.06. The van der Waals surface area contributed by atoms with Crippen molar-refractivity contribution in [3.05, 3.63) is 42.4 Å². The van der Waals surface area contributed by atoms with Crippen LogP contribution in [0.25, 0.3) is 16.7 Å². The fourth-order valence-corrected chi connectivity index (χ4v) is 3.45. The molecule has 3 heterocycles. The van der Waals surface area contributed by atoms with Gasteiger partial charge in [0, 0.05) is 24.7 Å². The highest BCUT2D eigenvalue weighted by molar-refractivity contribution is 6.14. The lowest BCUT2D eigenvalue weighted by Gasteiger charge is -2.16. The van der Waals surface area contributed by atoms with Gasteiger partial charge in [0.05, 0.1) is 19.6 Å². The Kier molecular flexibility index (Phi) is 5.45. The number of nitrogens with zero attached hydrogens (tertiary/aromatic N) is 5. The summed E-state index contributed by atoms with van der Waals surface area (Å²) in [5.74, 6) is 7.33. The van der Waals surface area contributed by atoms with E-state index in [0.717, 1.165) is 12.8 Å². The third-order valence-corrected chi connectivity index (χ3v) is 5.07. The first kappa shape index (κ1) is 20.2. The van der Waals surface area contributed by atoms with Crippen LogP contribution in [0.4, 0.5) is 5.82 Å². The molecule has 0 aliphatic carbocycles. The summed E-state index contributed by atoms with van der Waals surface area (Å²) in [6.45, 7) is 5.37. The van der Waals surface area contributed by atoms with Crippen molar-refractivity contribution in [3.63, 3.8) is 0 Å². The molecule has 0 radical (unpaired) electrons. The Bertz CT molecular complexity index is 1210. The van der Waals surface area contributed by atoms with Crippen LogP contribution in [-0.2, 0) is 4.79 Å². The maximum absolute atomic E-state index is 12.8. The van der Waals surface area contributed by atoms with Gasteiger partial charge < -0.3 is 20.1 Å². The van der Waals surface area contributed by atoms with E-state index in [4.69, 9.17) is 15.2 Å². The van der Waals surface area contributed by atoms with E-state index < -0.39 is 0 Å². The second-order valence-corrected chi connectivity index (χ2v) is 7.02. The van der Waals surface area contributed by atoms with Gasteiger partial charge in [0.2, 0.25) is 0 Å². The summed E-state index contributed by atoms with van der Waals surface area (Å²) in [5.41, 5.74) is 7.69. The lowest BCUT2D eigenvalue weighted by atomic mass is 10.2. The van der Waals surface area contributed by atoms with Crippen LogP contribution >= 0.6 is 0 Å². The quantitative estimate of drug-likeness (QED) is 0.509. The van der Waals surface area contributed by atoms with E-state index in [1.54, 1.807) is 37.3 Å². The van der Waals surface area contributed by atoms with Gasteiger partial charge in [-0.15, -0.1) is 0 Å². The first-order valence-corrected chi connectivity index (χ1v) is 9.74. The molecule has 1 saturated heterocycles. The number of carbonyl (C=O) groups excluding carboxylic acids is 1. The van der Waals surface area contributed by atoms with Gasteiger partial charge in [-0.05, 0) is 30.9 Å². The van der Waals surface area contributed by atoms with Crippen LogP contribution in [0.5, 0.6) is 11.5 Å². The Morgan fingerprint density at radius 2 is 1.77 bits per heavy atom. The smallest absolute Gasteiger partial charge is 0.271 e. The predicted molar refractivity (Wildman–Crippen MR) is 116 cm³/mol. The minimum Gasteiger partial charge on any atom is -0.497 e. The van der Waals surface area contributed by atoms with Crippen LogP contribution in [0, 0.1) is 11.8 Å². The molecular weight excluding hydrogens is 396 g/mol. The summed E-state index contributed by atoms with van der Waals surface area (Å²) in [5, 5.41) is 4.97. The van der Waals surface area contributed by atoms with E-state index in [1.165, 1.54) is 11.0 Å². The molecular formula is C22H22N6O3. The zero-order valence-corrected chi connectivity index (χ0v) is 17.4. The molecule has 0 spiro atoms. The summed E-state index contributed by atoms with van der Waals surface area (Å²) in [6, 6.07) is 5.32. The molecule has 0 unspecified atom stereocenters. The molecule has 1 aromatic carbocycles. The van der Waals surface area contributed by atoms with Gasteiger partial charge in [-0.3, -0.25) is 4.79 Å². The highest BCUT2D eigenvalue weighted by Crippen LogP contribution is 2.25. The van der Waals surface area contributed by atoms with Crippen LogP contribution in [0.1, 0.15) is 24.1 Å². The van der Waals surface area contributed by atoms with E-state index in [0.29, 0.717) is 46.9 Å². The largest absolute Gasteiger partial charge is 0.497 e. The van der Waals surface area contributed by atoms with Crippen LogP contribution in [0.2, 0.25) is 0 Å². The highest BCUT2D eigenvalue weighted by Gasteiger charge is 2.25. The zero-order valence-electron chi connectivity index (χ0n) is 17.4. The molecule has 31 heavy (non-hydrogen) atoms. The SMILES string of the molecule is C=C(C(=O)N1CCCC1)n1nc(C#Cc2cc(OC)cc(OC)c2)c2c(N)ncnc21. The van der Waals surface area contributed by atoms with Gasteiger partial charge in [0.15, 0.2) is 5.65 Å². The van der Waals surface area contributed by atoms with Crippen molar-refractivity contribution in [3.8, 4) is 23.3 Å². The molecule has 9 nitrogen and oxygen atoms in total. The third kappa shape index (κ3) is 3.88.